The van der Waals surface area contributed by atoms with Gasteiger partial charge in [0.15, 0.2) is 5.96 Å². The van der Waals surface area contributed by atoms with Gasteiger partial charge in [-0.05, 0) is 56.1 Å². The van der Waals surface area contributed by atoms with Crippen LogP contribution in [0.25, 0.3) is 0 Å². The number of piperidine rings is 1. The second kappa shape index (κ2) is 15.5. The Hall–Kier alpha value is -1.39. The third-order valence-corrected chi connectivity index (χ3v) is 6.34. The number of ether oxygens (including phenoxy) is 1. The number of carbonyl (C=O) groups is 1. The Bertz CT molecular complexity index is 737. The first-order valence-corrected chi connectivity index (χ1v) is 12.3. The molecule has 1 saturated heterocycles. The van der Waals surface area contributed by atoms with Gasteiger partial charge in [-0.25, -0.2) is 0 Å². The first kappa shape index (κ1) is 27.9. The Kier molecular flexibility index (Phi) is 13.1. The molecule has 186 valence electrons. The van der Waals surface area contributed by atoms with Gasteiger partial charge in [0.2, 0.25) is 5.91 Å². The minimum Gasteiger partial charge on any atom is -0.373 e. The van der Waals surface area contributed by atoms with Crippen LogP contribution in [0.5, 0.6) is 0 Å². The number of fused-ring (bicyclic) bond motifs is 1. The molecule has 1 fully saturated rings. The molecule has 0 bridgehead atoms. The van der Waals surface area contributed by atoms with Crippen LogP contribution in [0.3, 0.4) is 0 Å². The van der Waals surface area contributed by atoms with Gasteiger partial charge in [0.1, 0.15) is 0 Å². The van der Waals surface area contributed by atoms with E-state index in [-0.39, 0.29) is 36.0 Å². The second-order valence-electron chi connectivity index (χ2n) is 8.85. The number of aliphatic imine (C=N–C) groups is 1. The average molecular weight is 572 g/mol. The number of nitrogens with zero attached hydrogens (tertiary/aromatic N) is 2. The smallest absolute Gasteiger partial charge is 0.234 e. The fourth-order valence-corrected chi connectivity index (χ4v) is 4.53. The highest BCUT2D eigenvalue weighted by molar-refractivity contribution is 14.0. The molecule has 33 heavy (non-hydrogen) atoms. The minimum atomic E-state index is 0. The maximum atomic E-state index is 11.9. The molecular weight excluding hydrogens is 529 g/mol. The van der Waals surface area contributed by atoms with E-state index < -0.39 is 0 Å². The number of hydrogen-bond acceptors (Lipinski definition) is 4. The van der Waals surface area contributed by atoms with Gasteiger partial charge in [0.25, 0.3) is 0 Å². The first-order chi connectivity index (χ1) is 15.7. The SMILES string of the molecule is CCCNC(=O)CN1CCC(NC(=NC)NCCCOC2CCCc3ccccc32)CC1.I. The number of rotatable bonds is 10. The number of benzene rings is 1. The lowest BCUT2D eigenvalue weighted by atomic mass is 9.89. The Labute approximate surface area is 216 Å². The van der Waals surface area contributed by atoms with Gasteiger partial charge in [0, 0.05) is 45.9 Å². The Morgan fingerprint density at radius 2 is 1.94 bits per heavy atom. The van der Waals surface area contributed by atoms with Crippen LogP contribution < -0.4 is 16.0 Å². The van der Waals surface area contributed by atoms with Crippen LogP contribution in [-0.2, 0) is 16.0 Å². The molecule has 8 heteroatoms. The van der Waals surface area contributed by atoms with E-state index in [2.05, 4.69) is 57.0 Å². The number of aryl methyl sites for hydroxylation is 1. The van der Waals surface area contributed by atoms with Crippen molar-refractivity contribution in [2.24, 2.45) is 4.99 Å². The van der Waals surface area contributed by atoms with Gasteiger partial charge in [0.05, 0.1) is 12.6 Å². The molecule has 1 aromatic rings. The van der Waals surface area contributed by atoms with Crippen LogP contribution in [0.2, 0.25) is 0 Å². The summed E-state index contributed by atoms with van der Waals surface area (Å²) in [6, 6.07) is 9.08. The summed E-state index contributed by atoms with van der Waals surface area (Å²) in [6.07, 6.45) is 7.70. The van der Waals surface area contributed by atoms with Crippen molar-refractivity contribution in [2.75, 3.05) is 46.4 Å². The van der Waals surface area contributed by atoms with Crippen molar-refractivity contribution in [3.63, 3.8) is 0 Å². The van der Waals surface area contributed by atoms with E-state index in [1.807, 2.05) is 7.05 Å². The maximum Gasteiger partial charge on any atom is 0.234 e. The van der Waals surface area contributed by atoms with Gasteiger partial charge >= 0.3 is 0 Å². The van der Waals surface area contributed by atoms with Crippen molar-refractivity contribution in [1.82, 2.24) is 20.9 Å². The molecular formula is C25H42IN5O2. The van der Waals surface area contributed by atoms with Gasteiger partial charge in [-0.15, -0.1) is 24.0 Å². The van der Waals surface area contributed by atoms with E-state index in [9.17, 15) is 4.79 Å². The largest absolute Gasteiger partial charge is 0.373 e. The van der Waals surface area contributed by atoms with Crippen molar-refractivity contribution in [1.29, 1.82) is 0 Å². The molecule has 1 aliphatic heterocycles. The molecule has 0 saturated carbocycles. The quantitative estimate of drug-likeness (QED) is 0.174. The highest BCUT2D eigenvalue weighted by Gasteiger charge is 2.22. The monoisotopic (exact) mass is 571 g/mol. The van der Waals surface area contributed by atoms with E-state index in [4.69, 9.17) is 4.74 Å². The third kappa shape index (κ3) is 9.41. The van der Waals surface area contributed by atoms with Crippen LogP contribution in [0.4, 0.5) is 0 Å². The zero-order valence-corrected chi connectivity index (χ0v) is 22.6. The normalized spacial score (nSPS) is 19.3. The summed E-state index contributed by atoms with van der Waals surface area (Å²) >= 11 is 0. The predicted octanol–water partition coefficient (Wildman–Crippen LogP) is 3.24. The van der Waals surface area contributed by atoms with Gasteiger partial charge in [-0.1, -0.05) is 31.2 Å². The van der Waals surface area contributed by atoms with Crippen molar-refractivity contribution < 1.29 is 9.53 Å². The van der Waals surface area contributed by atoms with E-state index in [1.165, 1.54) is 24.0 Å². The van der Waals surface area contributed by atoms with E-state index >= 15 is 0 Å². The van der Waals surface area contributed by atoms with Crippen LogP contribution in [0.15, 0.2) is 29.3 Å². The molecule has 0 radical (unpaired) electrons. The zero-order valence-electron chi connectivity index (χ0n) is 20.3. The van der Waals surface area contributed by atoms with Crippen molar-refractivity contribution >= 4 is 35.8 Å². The number of amides is 1. The Morgan fingerprint density at radius 3 is 2.70 bits per heavy atom. The van der Waals surface area contributed by atoms with Crippen LogP contribution in [0.1, 0.15) is 62.7 Å². The minimum absolute atomic E-state index is 0. The number of carbonyl (C=O) groups excluding carboxylic acids is 1. The zero-order chi connectivity index (χ0) is 22.6. The third-order valence-electron chi connectivity index (χ3n) is 6.34. The van der Waals surface area contributed by atoms with Crippen molar-refractivity contribution in [3.8, 4) is 0 Å². The number of nitrogens with one attached hydrogen (secondary N) is 3. The summed E-state index contributed by atoms with van der Waals surface area (Å²) in [5.41, 5.74) is 2.82. The molecule has 2 aliphatic rings. The van der Waals surface area contributed by atoms with Crippen molar-refractivity contribution in [3.05, 3.63) is 35.4 Å². The number of hydrogen-bond donors (Lipinski definition) is 3. The summed E-state index contributed by atoms with van der Waals surface area (Å²) in [4.78, 5) is 18.5. The summed E-state index contributed by atoms with van der Waals surface area (Å²) in [5, 5.41) is 9.92. The molecule has 1 atom stereocenters. The summed E-state index contributed by atoms with van der Waals surface area (Å²) < 4.78 is 6.20. The molecule has 3 N–H and O–H groups in total. The number of likely N-dealkylation sites (tertiary alicyclic amines) is 1. The Balaban J connectivity index is 0.00000385. The molecule has 0 spiro atoms. The van der Waals surface area contributed by atoms with Crippen LogP contribution >= 0.6 is 24.0 Å². The Morgan fingerprint density at radius 1 is 1.15 bits per heavy atom. The lowest BCUT2D eigenvalue weighted by molar-refractivity contribution is -0.122. The van der Waals surface area contributed by atoms with Crippen LogP contribution in [0, 0.1) is 0 Å². The fourth-order valence-electron chi connectivity index (χ4n) is 4.53. The van der Waals surface area contributed by atoms with Crippen molar-refractivity contribution in [2.45, 2.75) is 64.0 Å². The topological polar surface area (TPSA) is 78.0 Å². The highest BCUT2D eigenvalue weighted by atomic mass is 127. The lowest BCUT2D eigenvalue weighted by Crippen LogP contribution is -2.50. The average Bonchev–Trinajstić information content (AvgIpc) is 2.83. The van der Waals surface area contributed by atoms with Gasteiger partial charge in [-0.2, -0.15) is 0 Å². The van der Waals surface area contributed by atoms with E-state index in [1.54, 1.807) is 0 Å². The molecule has 0 aromatic heterocycles. The maximum absolute atomic E-state index is 11.9. The molecule has 7 nitrogen and oxygen atoms in total. The molecule has 1 heterocycles. The second-order valence-corrected chi connectivity index (χ2v) is 8.85. The predicted molar refractivity (Wildman–Crippen MR) is 145 cm³/mol. The highest BCUT2D eigenvalue weighted by Crippen LogP contribution is 2.32. The van der Waals surface area contributed by atoms with E-state index in [0.717, 1.165) is 70.8 Å². The fraction of sp³-hybridized carbons (Fsp3) is 0.680. The summed E-state index contributed by atoms with van der Waals surface area (Å²) in [7, 11) is 1.82. The lowest BCUT2D eigenvalue weighted by Gasteiger charge is -2.32. The number of guanidine groups is 1. The summed E-state index contributed by atoms with van der Waals surface area (Å²) in [5.74, 6) is 0.988. The number of halogens is 1. The van der Waals surface area contributed by atoms with Gasteiger partial charge in [-0.3, -0.25) is 14.7 Å². The molecule has 3 rings (SSSR count). The molecule has 1 aliphatic carbocycles. The molecule has 1 unspecified atom stereocenters. The molecule has 1 amide bonds. The van der Waals surface area contributed by atoms with Gasteiger partial charge < -0.3 is 20.7 Å². The standard InChI is InChI=1S/C25H41N5O2.HI/c1-3-14-27-24(31)19-30-16-12-21(13-17-30)29-25(26-2)28-15-7-18-32-23-11-6-9-20-8-4-5-10-22(20)23;/h4-5,8,10,21,23H,3,6-7,9,11-19H2,1-2H3,(H,27,31)(H2,26,28,29);1H. The van der Waals surface area contributed by atoms with E-state index in [0.29, 0.717) is 12.6 Å². The van der Waals surface area contributed by atoms with Crippen LogP contribution in [-0.4, -0.2) is 69.2 Å². The summed E-state index contributed by atoms with van der Waals surface area (Å²) in [6.45, 7) is 6.80. The first-order valence-electron chi connectivity index (χ1n) is 12.3. The molecule has 1 aromatic carbocycles.